The Labute approximate surface area is 180 Å². The molecule has 1 unspecified atom stereocenters. The van der Waals surface area contributed by atoms with Crippen molar-refractivity contribution in [3.8, 4) is 0 Å². The summed E-state index contributed by atoms with van der Waals surface area (Å²) in [5, 5.41) is 4.15. The highest BCUT2D eigenvalue weighted by Crippen LogP contribution is 2.44. The molecule has 5 heteroatoms. The standard InChI is InChI=1S/C25H24N2O2S/c1-4-29-22(18-11-7-5-8-12-18)23-21(27-24(28)19-13-9-6-10-14-19)20-16(2)15-17(3)26-25(20)30-23/h5-15,22H,4H2,1-3H3,(H,27,28). The number of carbonyl (C=O) groups excluding carboxylic acids is 1. The summed E-state index contributed by atoms with van der Waals surface area (Å²) >= 11 is 1.58. The van der Waals surface area contributed by atoms with Crippen molar-refractivity contribution in [2.45, 2.75) is 26.9 Å². The highest BCUT2D eigenvalue weighted by atomic mass is 32.1. The fourth-order valence-electron chi connectivity index (χ4n) is 3.66. The zero-order valence-electron chi connectivity index (χ0n) is 17.3. The molecule has 4 nitrogen and oxygen atoms in total. The Hall–Kier alpha value is -3.02. The second-order valence-electron chi connectivity index (χ2n) is 7.17. The zero-order chi connectivity index (χ0) is 21.1. The van der Waals surface area contributed by atoms with Crippen molar-refractivity contribution in [1.82, 2.24) is 4.98 Å². The number of amides is 1. The Morgan fingerprint density at radius 1 is 1.07 bits per heavy atom. The van der Waals surface area contributed by atoms with E-state index in [1.807, 2.05) is 62.4 Å². The SMILES string of the molecule is CCOC(c1ccccc1)c1sc2nc(C)cc(C)c2c1NC(=O)c1ccccc1. The van der Waals surface area contributed by atoms with Gasteiger partial charge in [0.15, 0.2) is 0 Å². The number of nitrogens with zero attached hydrogens (tertiary/aromatic N) is 1. The van der Waals surface area contributed by atoms with E-state index in [2.05, 4.69) is 30.4 Å². The fourth-order valence-corrected chi connectivity index (χ4v) is 4.99. The molecule has 152 valence electrons. The van der Waals surface area contributed by atoms with E-state index in [1.54, 1.807) is 11.3 Å². The van der Waals surface area contributed by atoms with Gasteiger partial charge in [-0.25, -0.2) is 4.98 Å². The summed E-state index contributed by atoms with van der Waals surface area (Å²) in [6.07, 6.45) is -0.277. The number of carbonyl (C=O) groups is 1. The summed E-state index contributed by atoms with van der Waals surface area (Å²) in [6.45, 7) is 6.60. The summed E-state index contributed by atoms with van der Waals surface area (Å²) in [7, 11) is 0. The Kier molecular flexibility index (Phi) is 5.93. The quantitative estimate of drug-likeness (QED) is 0.402. The van der Waals surface area contributed by atoms with E-state index in [0.29, 0.717) is 12.2 Å². The van der Waals surface area contributed by atoms with Crippen molar-refractivity contribution < 1.29 is 9.53 Å². The molecule has 1 amide bonds. The number of anilines is 1. The first-order chi connectivity index (χ1) is 14.6. The second-order valence-corrected chi connectivity index (χ2v) is 8.20. The molecule has 2 heterocycles. The molecule has 1 atom stereocenters. The molecule has 2 aromatic carbocycles. The van der Waals surface area contributed by atoms with E-state index in [4.69, 9.17) is 9.72 Å². The van der Waals surface area contributed by atoms with Crippen LogP contribution in [0.4, 0.5) is 5.69 Å². The van der Waals surface area contributed by atoms with Gasteiger partial charge < -0.3 is 10.1 Å². The maximum absolute atomic E-state index is 13.0. The van der Waals surface area contributed by atoms with Gasteiger partial charge in [-0.3, -0.25) is 4.79 Å². The van der Waals surface area contributed by atoms with Gasteiger partial charge in [-0.2, -0.15) is 0 Å². The number of thiophene rings is 1. The van der Waals surface area contributed by atoms with Gasteiger partial charge >= 0.3 is 0 Å². The molecule has 4 aromatic rings. The number of nitrogens with one attached hydrogen (secondary N) is 1. The number of pyridine rings is 1. The third kappa shape index (κ3) is 3.99. The minimum absolute atomic E-state index is 0.139. The third-order valence-electron chi connectivity index (χ3n) is 4.96. The first kappa shape index (κ1) is 20.3. The van der Waals surface area contributed by atoms with Gasteiger partial charge in [-0.15, -0.1) is 11.3 Å². The van der Waals surface area contributed by atoms with E-state index in [9.17, 15) is 4.79 Å². The first-order valence-electron chi connectivity index (χ1n) is 10.0. The second kappa shape index (κ2) is 8.78. The number of benzene rings is 2. The number of ether oxygens (including phenoxy) is 1. The topological polar surface area (TPSA) is 51.2 Å². The predicted octanol–water partition coefficient (Wildman–Crippen LogP) is 6.29. The molecule has 1 N–H and O–H groups in total. The van der Waals surface area contributed by atoms with Crippen molar-refractivity contribution in [1.29, 1.82) is 0 Å². The van der Waals surface area contributed by atoms with Crippen molar-refractivity contribution in [2.75, 3.05) is 11.9 Å². The highest BCUT2D eigenvalue weighted by molar-refractivity contribution is 7.19. The number of aromatic nitrogens is 1. The molecule has 0 fully saturated rings. The van der Waals surface area contributed by atoms with Gasteiger partial charge in [0.1, 0.15) is 10.9 Å². The molecule has 0 aliphatic heterocycles. The Bertz CT molecular complexity index is 1170. The number of hydrogen-bond donors (Lipinski definition) is 1. The summed E-state index contributed by atoms with van der Waals surface area (Å²) in [5.74, 6) is -0.139. The summed E-state index contributed by atoms with van der Waals surface area (Å²) < 4.78 is 6.17. The van der Waals surface area contributed by atoms with E-state index in [1.165, 1.54) is 0 Å². The van der Waals surface area contributed by atoms with E-state index in [0.717, 1.165) is 37.6 Å². The normalized spacial score (nSPS) is 12.1. The molecule has 0 spiro atoms. The van der Waals surface area contributed by atoms with Gasteiger partial charge in [0.2, 0.25) is 0 Å². The highest BCUT2D eigenvalue weighted by Gasteiger charge is 2.26. The number of rotatable bonds is 6. The van der Waals surface area contributed by atoms with Crippen molar-refractivity contribution >= 4 is 33.1 Å². The molecule has 0 saturated carbocycles. The molecular formula is C25H24N2O2S. The molecular weight excluding hydrogens is 392 g/mol. The molecule has 4 rings (SSSR count). The van der Waals surface area contributed by atoms with Crippen LogP contribution in [0.3, 0.4) is 0 Å². The zero-order valence-corrected chi connectivity index (χ0v) is 18.1. The molecule has 0 aliphatic rings. The van der Waals surface area contributed by atoms with Crippen LogP contribution in [0.1, 0.15) is 45.1 Å². The van der Waals surface area contributed by atoms with Gasteiger partial charge in [-0.1, -0.05) is 48.5 Å². The van der Waals surface area contributed by atoms with Crippen molar-refractivity contribution in [3.63, 3.8) is 0 Å². The Morgan fingerprint density at radius 3 is 2.40 bits per heavy atom. The molecule has 2 aromatic heterocycles. The lowest BCUT2D eigenvalue weighted by Gasteiger charge is -2.19. The molecule has 0 saturated heterocycles. The maximum Gasteiger partial charge on any atom is 0.255 e. The molecule has 0 radical (unpaired) electrons. The Morgan fingerprint density at radius 2 is 1.73 bits per heavy atom. The van der Waals surface area contributed by atoms with Gasteiger partial charge in [0, 0.05) is 23.3 Å². The smallest absolute Gasteiger partial charge is 0.255 e. The van der Waals surface area contributed by atoms with Crippen LogP contribution in [0.5, 0.6) is 0 Å². The maximum atomic E-state index is 13.0. The van der Waals surface area contributed by atoms with Crippen LogP contribution in [0.25, 0.3) is 10.2 Å². The monoisotopic (exact) mass is 416 g/mol. The average Bonchev–Trinajstić information content (AvgIpc) is 3.11. The van der Waals surface area contributed by atoms with Crippen LogP contribution in [-0.2, 0) is 4.74 Å². The lowest BCUT2D eigenvalue weighted by atomic mass is 10.0. The predicted molar refractivity (Wildman–Crippen MR) is 123 cm³/mol. The van der Waals surface area contributed by atoms with E-state index < -0.39 is 0 Å². The average molecular weight is 417 g/mol. The number of hydrogen-bond acceptors (Lipinski definition) is 4. The van der Waals surface area contributed by atoms with Gasteiger partial charge in [-0.05, 0) is 50.1 Å². The lowest BCUT2D eigenvalue weighted by molar-refractivity contribution is 0.0940. The fraction of sp³-hybridized carbons (Fsp3) is 0.200. The van der Waals surface area contributed by atoms with Crippen LogP contribution in [0, 0.1) is 13.8 Å². The van der Waals surface area contributed by atoms with Crippen LogP contribution >= 0.6 is 11.3 Å². The molecule has 0 aliphatic carbocycles. The lowest BCUT2D eigenvalue weighted by Crippen LogP contribution is -2.14. The summed E-state index contributed by atoms with van der Waals surface area (Å²) in [5.41, 5.74) is 4.51. The van der Waals surface area contributed by atoms with Gasteiger partial charge in [0.25, 0.3) is 5.91 Å². The van der Waals surface area contributed by atoms with E-state index in [-0.39, 0.29) is 12.0 Å². The minimum atomic E-state index is -0.277. The van der Waals surface area contributed by atoms with Crippen LogP contribution < -0.4 is 5.32 Å². The van der Waals surface area contributed by atoms with Crippen LogP contribution in [0.2, 0.25) is 0 Å². The Balaban J connectivity index is 1.89. The number of aryl methyl sites for hydroxylation is 2. The minimum Gasteiger partial charge on any atom is -0.368 e. The molecule has 30 heavy (non-hydrogen) atoms. The van der Waals surface area contributed by atoms with Gasteiger partial charge in [0.05, 0.1) is 10.6 Å². The first-order valence-corrected chi connectivity index (χ1v) is 10.8. The summed E-state index contributed by atoms with van der Waals surface area (Å²) in [4.78, 5) is 19.7. The molecule has 0 bridgehead atoms. The van der Waals surface area contributed by atoms with E-state index >= 15 is 0 Å². The van der Waals surface area contributed by atoms with Crippen LogP contribution in [-0.4, -0.2) is 17.5 Å². The third-order valence-corrected chi connectivity index (χ3v) is 6.09. The van der Waals surface area contributed by atoms with Crippen LogP contribution in [0.15, 0.2) is 66.7 Å². The van der Waals surface area contributed by atoms with Crippen molar-refractivity contribution in [2.24, 2.45) is 0 Å². The van der Waals surface area contributed by atoms with Crippen molar-refractivity contribution in [3.05, 3.63) is 94.0 Å². The largest absolute Gasteiger partial charge is 0.368 e. The number of fused-ring (bicyclic) bond motifs is 1. The summed E-state index contributed by atoms with van der Waals surface area (Å²) in [6, 6.07) is 21.4.